The molecule has 33 heavy (non-hydrogen) atoms. The Labute approximate surface area is 209 Å². The highest BCUT2D eigenvalue weighted by Gasteiger charge is 2.16. The van der Waals surface area contributed by atoms with Crippen molar-refractivity contribution in [3.05, 3.63) is 85.8 Å². The van der Waals surface area contributed by atoms with Gasteiger partial charge in [-0.2, -0.15) is 0 Å². The lowest BCUT2D eigenvalue weighted by molar-refractivity contribution is -0.138. The Hall–Kier alpha value is -2.87. The zero-order valence-corrected chi connectivity index (χ0v) is 20.5. The van der Waals surface area contributed by atoms with E-state index in [0.717, 1.165) is 10.0 Å². The Kier molecular flexibility index (Phi) is 8.13. The van der Waals surface area contributed by atoms with Gasteiger partial charge in [0.05, 0.1) is 22.8 Å². The lowest BCUT2D eigenvalue weighted by Crippen LogP contribution is -2.14. The second-order valence-electron chi connectivity index (χ2n) is 7.24. The van der Waals surface area contributed by atoms with Crippen molar-refractivity contribution in [3.63, 3.8) is 0 Å². The Morgan fingerprint density at radius 2 is 1.64 bits per heavy atom. The van der Waals surface area contributed by atoms with Gasteiger partial charge in [-0.25, -0.2) is 0 Å². The lowest BCUT2D eigenvalue weighted by Gasteiger charge is -2.15. The molecule has 0 radical (unpaired) electrons. The summed E-state index contributed by atoms with van der Waals surface area (Å²) in [5, 5.41) is 15.5. The molecule has 3 N–H and O–H groups in total. The van der Waals surface area contributed by atoms with Crippen LogP contribution in [-0.2, 0) is 9.59 Å². The van der Waals surface area contributed by atoms with Crippen molar-refractivity contribution in [3.8, 4) is 0 Å². The molecule has 9 heteroatoms. The molecule has 3 aromatic rings. The van der Waals surface area contributed by atoms with E-state index in [0.29, 0.717) is 33.2 Å². The molecule has 3 aromatic carbocycles. The number of halogens is 3. The summed E-state index contributed by atoms with van der Waals surface area (Å²) in [6.07, 6.45) is -0.408. The first kappa shape index (κ1) is 24.8. The third kappa shape index (κ3) is 6.57. The van der Waals surface area contributed by atoms with Crippen LogP contribution in [0.1, 0.15) is 34.3 Å². The molecule has 0 aromatic heterocycles. The number of anilines is 3. The van der Waals surface area contributed by atoms with Gasteiger partial charge in [-0.1, -0.05) is 39.1 Å². The predicted molar refractivity (Wildman–Crippen MR) is 134 cm³/mol. The Morgan fingerprint density at radius 3 is 2.30 bits per heavy atom. The van der Waals surface area contributed by atoms with Gasteiger partial charge < -0.3 is 15.7 Å². The number of hydrogen-bond acceptors (Lipinski definition) is 4. The number of hydrogen-bond donors (Lipinski definition) is 3. The number of aryl methyl sites for hydroxylation is 1. The molecule has 1 amide bonds. The fourth-order valence-corrected chi connectivity index (χ4v) is 3.98. The number of aliphatic carboxylic acids is 1. The first-order chi connectivity index (χ1) is 15.6. The molecule has 0 saturated heterocycles. The van der Waals surface area contributed by atoms with Crippen LogP contribution in [-0.4, -0.2) is 22.8 Å². The van der Waals surface area contributed by atoms with Crippen molar-refractivity contribution in [1.82, 2.24) is 0 Å². The van der Waals surface area contributed by atoms with Crippen LogP contribution in [0, 0.1) is 6.92 Å². The summed E-state index contributed by atoms with van der Waals surface area (Å²) in [5.41, 5.74) is 3.27. The van der Waals surface area contributed by atoms with Crippen LogP contribution in [0.5, 0.6) is 0 Å². The molecule has 0 atom stereocenters. The Balaban J connectivity index is 1.82. The van der Waals surface area contributed by atoms with Gasteiger partial charge in [-0.05, 0) is 67.1 Å². The Morgan fingerprint density at radius 1 is 0.909 bits per heavy atom. The highest BCUT2D eigenvalue weighted by Crippen LogP contribution is 2.32. The molecule has 0 spiro atoms. The fraction of sp³-hybridized carbons (Fsp3) is 0.125. The van der Waals surface area contributed by atoms with Crippen LogP contribution in [0.2, 0.25) is 10.0 Å². The minimum absolute atomic E-state index is 0.145. The number of nitrogens with one attached hydrogen (secondary N) is 2. The summed E-state index contributed by atoms with van der Waals surface area (Å²) in [4.78, 5) is 35.8. The van der Waals surface area contributed by atoms with E-state index in [2.05, 4.69) is 26.6 Å². The van der Waals surface area contributed by atoms with Gasteiger partial charge in [0.1, 0.15) is 0 Å². The third-order valence-electron chi connectivity index (χ3n) is 4.75. The molecule has 0 aliphatic heterocycles. The van der Waals surface area contributed by atoms with E-state index < -0.39 is 11.9 Å². The first-order valence-corrected chi connectivity index (χ1v) is 11.4. The van der Waals surface area contributed by atoms with Gasteiger partial charge in [-0.15, -0.1) is 0 Å². The van der Waals surface area contributed by atoms with E-state index in [1.54, 1.807) is 54.6 Å². The summed E-state index contributed by atoms with van der Waals surface area (Å²) >= 11 is 15.8. The monoisotopic (exact) mass is 548 g/mol. The predicted octanol–water partition coefficient (Wildman–Crippen LogP) is 6.84. The van der Waals surface area contributed by atoms with Crippen molar-refractivity contribution in [2.45, 2.75) is 19.8 Å². The number of carboxylic acid groups (broad SMARTS) is 1. The van der Waals surface area contributed by atoms with E-state index in [1.165, 1.54) is 0 Å². The van der Waals surface area contributed by atoms with Gasteiger partial charge in [0, 0.05) is 32.7 Å². The molecule has 6 nitrogen and oxygen atoms in total. The third-order valence-corrected chi connectivity index (χ3v) is 5.79. The topological polar surface area (TPSA) is 95.5 Å². The molecule has 0 unspecified atom stereocenters. The summed E-state index contributed by atoms with van der Waals surface area (Å²) in [7, 11) is 0. The molecule has 0 bridgehead atoms. The zero-order chi connectivity index (χ0) is 24.1. The van der Waals surface area contributed by atoms with Crippen molar-refractivity contribution in [2.24, 2.45) is 0 Å². The minimum atomic E-state index is -1.05. The SMILES string of the molecule is Cc1cc(Cl)ccc1C(=O)c1ccc(Nc2ccc(Br)cc2NC(=O)CCC(=O)O)cc1Cl. The summed E-state index contributed by atoms with van der Waals surface area (Å²) in [6, 6.07) is 15.3. The maximum absolute atomic E-state index is 12.9. The van der Waals surface area contributed by atoms with Crippen LogP contribution < -0.4 is 10.6 Å². The smallest absolute Gasteiger partial charge is 0.303 e. The van der Waals surface area contributed by atoms with E-state index >= 15 is 0 Å². The van der Waals surface area contributed by atoms with Gasteiger partial charge >= 0.3 is 5.97 Å². The molecule has 170 valence electrons. The number of benzene rings is 3. The van der Waals surface area contributed by atoms with Crippen molar-refractivity contribution in [2.75, 3.05) is 10.6 Å². The van der Waals surface area contributed by atoms with E-state index in [1.807, 2.05) is 6.92 Å². The molecule has 3 rings (SSSR count). The van der Waals surface area contributed by atoms with Crippen molar-refractivity contribution in [1.29, 1.82) is 0 Å². The highest BCUT2D eigenvalue weighted by molar-refractivity contribution is 9.10. The number of carbonyl (C=O) groups is 3. The van der Waals surface area contributed by atoms with Crippen LogP contribution in [0.25, 0.3) is 0 Å². The summed E-state index contributed by atoms with van der Waals surface area (Å²) in [5.74, 6) is -1.68. The standard InChI is InChI=1S/C24H19BrCl2N2O4/c1-13-10-15(26)3-5-17(13)24(33)18-6-4-16(12-19(18)27)28-20-7-2-14(25)11-21(20)29-22(30)8-9-23(31)32/h2-7,10-12,28H,8-9H2,1H3,(H,29,30)(H,31,32). The summed E-state index contributed by atoms with van der Waals surface area (Å²) < 4.78 is 0.735. The first-order valence-electron chi connectivity index (χ1n) is 9.82. The number of rotatable bonds is 8. The van der Waals surface area contributed by atoms with Gasteiger partial charge in [0.15, 0.2) is 5.78 Å². The lowest BCUT2D eigenvalue weighted by atomic mass is 9.99. The molecule has 0 aliphatic rings. The fourth-order valence-electron chi connectivity index (χ4n) is 3.12. The van der Waals surface area contributed by atoms with Gasteiger partial charge in [0.25, 0.3) is 0 Å². The van der Waals surface area contributed by atoms with Crippen LogP contribution >= 0.6 is 39.1 Å². The van der Waals surface area contributed by atoms with Crippen LogP contribution in [0.3, 0.4) is 0 Å². The number of ketones is 1. The zero-order valence-electron chi connectivity index (χ0n) is 17.4. The second-order valence-corrected chi connectivity index (χ2v) is 9.00. The molecule has 0 saturated carbocycles. The quantitative estimate of drug-likeness (QED) is 0.267. The molecular weight excluding hydrogens is 531 g/mol. The number of carbonyl (C=O) groups excluding carboxylic acids is 2. The maximum Gasteiger partial charge on any atom is 0.303 e. The highest BCUT2D eigenvalue weighted by atomic mass is 79.9. The average Bonchev–Trinajstić information content (AvgIpc) is 2.74. The molecule has 0 fully saturated rings. The van der Waals surface area contributed by atoms with Gasteiger partial charge in [-0.3, -0.25) is 14.4 Å². The van der Waals surface area contributed by atoms with Crippen molar-refractivity contribution < 1.29 is 19.5 Å². The largest absolute Gasteiger partial charge is 0.481 e. The molecule has 0 heterocycles. The van der Waals surface area contributed by atoms with E-state index in [9.17, 15) is 14.4 Å². The van der Waals surface area contributed by atoms with Crippen LogP contribution in [0.15, 0.2) is 59.1 Å². The average molecular weight is 550 g/mol. The summed E-state index contributed by atoms with van der Waals surface area (Å²) in [6.45, 7) is 1.81. The van der Waals surface area contributed by atoms with E-state index in [4.69, 9.17) is 28.3 Å². The van der Waals surface area contributed by atoms with Crippen LogP contribution in [0.4, 0.5) is 17.1 Å². The molecule has 0 aliphatic carbocycles. The normalized spacial score (nSPS) is 10.5. The number of amides is 1. The maximum atomic E-state index is 12.9. The van der Waals surface area contributed by atoms with Crippen molar-refractivity contribution >= 4 is 73.9 Å². The minimum Gasteiger partial charge on any atom is -0.481 e. The van der Waals surface area contributed by atoms with E-state index in [-0.39, 0.29) is 23.6 Å². The molecular formula is C24H19BrCl2N2O4. The second kappa shape index (κ2) is 10.8. The Bertz CT molecular complexity index is 1250. The van der Waals surface area contributed by atoms with Gasteiger partial charge in [0.2, 0.25) is 5.91 Å². The number of carboxylic acids is 1.